The lowest BCUT2D eigenvalue weighted by Crippen LogP contribution is -2.27. The second kappa shape index (κ2) is 8.01. The Morgan fingerprint density at radius 3 is 2.79 bits per heavy atom. The minimum Gasteiger partial charge on any atom is -0.373 e. The van der Waals surface area contributed by atoms with Gasteiger partial charge in [-0.1, -0.05) is 0 Å². The molecule has 4 aromatic heterocycles. The minimum absolute atomic E-state index is 0.213. The number of aryl methyl sites for hydroxylation is 1. The van der Waals surface area contributed by atoms with Crippen molar-refractivity contribution in [3.63, 3.8) is 0 Å². The predicted octanol–water partition coefficient (Wildman–Crippen LogP) is 2.21. The Bertz CT molecular complexity index is 1430. The van der Waals surface area contributed by atoms with Crippen molar-refractivity contribution in [1.82, 2.24) is 29.5 Å². The zero-order valence-corrected chi connectivity index (χ0v) is 17.9. The monoisotopic (exact) mass is 448 g/mol. The van der Waals surface area contributed by atoms with E-state index in [1.807, 2.05) is 13.0 Å². The molecule has 168 valence electrons. The normalized spacial score (nSPS) is 17.1. The molecule has 1 aliphatic carbocycles. The van der Waals surface area contributed by atoms with Crippen LogP contribution in [0.3, 0.4) is 0 Å². The molecule has 2 atom stereocenters. The number of fused-ring (bicyclic) bond motifs is 1. The third-order valence-electron chi connectivity index (χ3n) is 5.35. The molecule has 1 amide bonds. The summed E-state index contributed by atoms with van der Waals surface area (Å²) in [5.74, 6) is 0.444. The van der Waals surface area contributed by atoms with Gasteiger partial charge < -0.3 is 16.0 Å². The highest BCUT2D eigenvalue weighted by molar-refractivity contribution is 6.00. The van der Waals surface area contributed by atoms with Gasteiger partial charge in [0.15, 0.2) is 5.65 Å². The van der Waals surface area contributed by atoms with E-state index in [9.17, 15) is 14.0 Å². The Balaban J connectivity index is 1.52. The molecule has 0 aliphatic heterocycles. The minimum atomic E-state index is -1.02. The van der Waals surface area contributed by atoms with Gasteiger partial charge in [-0.25, -0.2) is 9.37 Å². The van der Waals surface area contributed by atoms with Gasteiger partial charge in [-0.2, -0.15) is 9.61 Å². The molecule has 10 nitrogen and oxygen atoms in total. The Kier molecular flexibility index (Phi) is 5.00. The van der Waals surface area contributed by atoms with Gasteiger partial charge in [0.05, 0.1) is 24.1 Å². The second-order valence-corrected chi connectivity index (χ2v) is 7.84. The van der Waals surface area contributed by atoms with Gasteiger partial charge in [0.2, 0.25) is 0 Å². The Hall–Kier alpha value is -4.28. The first kappa shape index (κ1) is 20.6. The van der Waals surface area contributed by atoms with E-state index in [4.69, 9.17) is 0 Å². The maximum absolute atomic E-state index is 13.2. The number of amides is 1. The fourth-order valence-electron chi connectivity index (χ4n) is 3.53. The average Bonchev–Trinajstić information content (AvgIpc) is 3.31. The van der Waals surface area contributed by atoms with Crippen LogP contribution in [0.5, 0.6) is 0 Å². The van der Waals surface area contributed by atoms with Crippen LogP contribution in [-0.4, -0.2) is 49.3 Å². The molecule has 4 heterocycles. The molecule has 3 N–H and O–H groups in total. The van der Waals surface area contributed by atoms with Crippen molar-refractivity contribution >= 4 is 28.9 Å². The van der Waals surface area contributed by atoms with Crippen LogP contribution in [0.1, 0.15) is 22.3 Å². The molecule has 4 aromatic rings. The summed E-state index contributed by atoms with van der Waals surface area (Å²) in [6.07, 6.45) is 5.67. The highest BCUT2D eigenvalue weighted by atomic mass is 19.1. The molecule has 0 aromatic carbocycles. The van der Waals surface area contributed by atoms with E-state index in [0.717, 1.165) is 5.56 Å². The summed E-state index contributed by atoms with van der Waals surface area (Å²) in [5, 5.41) is 12.9. The summed E-state index contributed by atoms with van der Waals surface area (Å²) in [4.78, 5) is 34.3. The number of carbonyl (C=O) groups is 1. The molecule has 1 saturated carbocycles. The van der Waals surface area contributed by atoms with Crippen LogP contribution in [0.2, 0.25) is 0 Å². The standard InChI is InChI=1S/C22H21FN8O2/c1-12-6-13(10-25-9-12)30-5-3-4-16(22(30)33)27-18-8-19(24-2)31-20(29-18)14(11-26-31)21(32)28-17-7-15(17)23/h3-6,8-11,15,17,24H,7H2,1-2H3,(H,27,29)(H,28,32)/t15-,17+/m1/s1. The highest BCUT2D eigenvalue weighted by Crippen LogP contribution is 2.26. The zero-order chi connectivity index (χ0) is 23.1. The molecule has 0 bridgehead atoms. The number of nitrogens with one attached hydrogen (secondary N) is 3. The first-order valence-corrected chi connectivity index (χ1v) is 10.4. The Labute approximate surface area is 187 Å². The topological polar surface area (TPSA) is 118 Å². The molecular formula is C22H21FN8O2. The molecule has 0 radical (unpaired) electrons. The largest absolute Gasteiger partial charge is 0.373 e. The van der Waals surface area contributed by atoms with Crippen LogP contribution in [0.25, 0.3) is 11.3 Å². The van der Waals surface area contributed by atoms with Gasteiger partial charge >= 0.3 is 0 Å². The molecule has 33 heavy (non-hydrogen) atoms. The van der Waals surface area contributed by atoms with Crippen molar-refractivity contribution in [2.75, 3.05) is 17.7 Å². The number of halogens is 1. The molecule has 0 spiro atoms. The fourth-order valence-corrected chi connectivity index (χ4v) is 3.53. The third-order valence-corrected chi connectivity index (χ3v) is 5.35. The van der Waals surface area contributed by atoms with Crippen LogP contribution in [-0.2, 0) is 0 Å². The molecule has 0 saturated heterocycles. The van der Waals surface area contributed by atoms with E-state index in [0.29, 0.717) is 29.4 Å². The maximum atomic E-state index is 13.2. The molecule has 1 fully saturated rings. The summed E-state index contributed by atoms with van der Waals surface area (Å²) in [5.41, 5.74) is 2.07. The van der Waals surface area contributed by atoms with Gasteiger partial charge in [0, 0.05) is 31.9 Å². The number of hydrogen-bond donors (Lipinski definition) is 3. The van der Waals surface area contributed by atoms with Gasteiger partial charge in [0.1, 0.15) is 29.1 Å². The summed E-state index contributed by atoms with van der Waals surface area (Å²) < 4.78 is 16.2. The zero-order valence-electron chi connectivity index (χ0n) is 17.9. The van der Waals surface area contributed by atoms with Crippen molar-refractivity contribution in [3.05, 3.63) is 70.5 Å². The Morgan fingerprint density at radius 1 is 1.24 bits per heavy atom. The second-order valence-electron chi connectivity index (χ2n) is 7.84. The lowest BCUT2D eigenvalue weighted by Gasteiger charge is -2.12. The lowest BCUT2D eigenvalue weighted by molar-refractivity contribution is 0.0949. The smallest absolute Gasteiger partial charge is 0.278 e. The van der Waals surface area contributed by atoms with E-state index in [2.05, 4.69) is 31.0 Å². The first-order chi connectivity index (χ1) is 15.9. The average molecular weight is 448 g/mol. The van der Waals surface area contributed by atoms with E-state index >= 15 is 0 Å². The summed E-state index contributed by atoms with van der Waals surface area (Å²) in [6, 6.07) is 6.44. The molecule has 5 rings (SSSR count). The fraction of sp³-hybridized carbons (Fsp3) is 0.227. The predicted molar refractivity (Wildman–Crippen MR) is 121 cm³/mol. The van der Waals surface area contributed by atoms with Crippen molar-refractivity contribution in [2.45, 2.75) is 25.6 Å². The van der Waals surface area contributed by atoms with E-state index in [1.54, 1.807) is 43.8 Å². The highest BCUT2D eigenvalue weighted by Gasteiger charge is 2.39. The number of nitrogens with zero attached hydrogens (tertiary/aromatic N) is 5. The van der Waals surface area contributed by atoms with Crippen molar-refractivity contribution in [3.8, 4) is 5.69 Å². The Morgan fingerprint density at radius 2 is 2.06 bits per heavy atom. The van der Waals surface area contributed by atoms with E-state index in [-0.39, 0.29) is 16.8 Å². The first-order valence-electron chi connectivity index (χ1n) is 10.4. The summed E-state index contributed by atoms with van der Waals surface area (Å²) >= 11 is 0. The third kappa shape index (κ3) is 3.88. The number of carbonyl (C=O) groups excluding carboxylic acids is 1. The molecule has 11 heteroatoms. The van der Waals surface area contributed by atoms with Crippen LogP contribution in [0, 0.1) is 6.92 Å². The van der Waals surface area contributed by atoms with E-state index < -0.39 is 18.1 Å². The summed E-state index contributed by atoms with van der Waals surface area (Å²) in [7, 11) is 1.71. The van der Waals surface area contributed by atoms with Crippen LogP contribution in [0.4, 0.5) is 21.7 Å². The summed E-state index contributed by atoms with van der Waals surface area (Å²) in [6.45, 7) is 1.90. The van der Waals surface area contributed by atoms with Crippen molar-refractivity contribution < 1.29 is 9.18 Å². The van der Waals surface area contributed by atoms with E-state index in [1.165, 1.54) is 15.3 Å². The van der Waals surface area contributed by atoms with Gasteiger partial charge in [0.25, 0.3) is 11.5 Å². The van der Waals surface area contributed by atoms with Crippen molar-refractivity contribution in [1.29, 1.82) is 0 Å². The van der Waals surface area contributed by atoms with Crippen molar-refractivity contribution in [2.24, 2.45) is 0 Å². The maximum Gasteiger partial charge on any atom is 0.278 e. The van der Waals surface area contributed by atoms with Crippen LogP contribution >= 0.6 is 0 Å². The number of alkyl halides is 1. The lowest BCUT2D eigenvalue weighted by atomic mass is 10.3. The molecular weight excluding hydrogens is 427 g/mol. The molecule has 0 unspecified atom stereocenters. The number of rotatable bonds is 6. The van der Waals surface area contributed by atoms with Crippen LogP contribution < -0.4 is 21.5 Å². The van der Waals surface area contributed by atoms with Gasteiger partial charge in [-0.15, -0.1) is 0 Å². The molecule has 1 aliphatic rings. The van der Waals surface area contributed by atoms with Gasteiger partial charge in [-0.3, -0.25) is 19.1 Å². The van der Waals surface area contributed by atoms with Crippen LogP contribution in [0.15, 0.2) is 53.8 Å². The number of aromatic nitrogens is 5. The number of anilines is 3. The van der Waals surface area contributed by atoms with Gasteiger partial charge in [-0.05, 0) is 30.7 Å². The SMILES string of the molecule is CNc1cc(Nc2cccn(-c3cncc(C)c3)c2=O)nc2c(C(=O)N[C@H]3C[C@H]3F)cnn12. The quantitative estimate of drug-likeness (QED) is 0.414. The number of pyridine rings is 2. The number of hydrogen-bond acceptors (Lipinski definition) is 7.